The fraction of sp³-hybridized carbons (Fsp3) is 0. The first-order chi connectivity index (χ1) is 11.1. The van der Waals surface area contributed by atoms with Crippen molar-refractivity contribution in [2.45, 2.75) is 0 Å². The summed E-state index contributed by atoms with van der Waals surface area (Å²) in [5.41, 5.74) is 1.78. The predicted octanol–water partition coefficient (Wildman–Crippen LogP) is 5.00. The number of aliphatic imine (C=N–C) groups is 1. The molecule has 0 amide bonds. The van der Waals surface area contributed by atoms with Gasteiger partial charge in [-0.15, -0.1) is 0 Å². The lowest BCUT2D eigenvalue weighted by Crippen LogP contribution is -2.01. The first-order valence-corrected chi connectivity index (χ1v) is 7.59. The van der Waals surface area contributed by atoms with Gasteiger partial charge in [-0.1, -0.05) is 65.7 Å². The number of cyclic esters (lactones) is 1. The number of benzene rings is 2. The van der Waals surface area contributed by atoms with Crippen molar-refractivity contribution in [3.63, 3.8) is 0 Å². The normalized spacial score (nSPS) is 16.0. The van der Waals surface area contributed by atoms with Gasteiger partial charge in [-0.05, 0) is 29.3 Å². The Kier molecular flexibility index (Phi) is 4.60. The van der Waals surface area contributed by atoms with Gasteiger partial charge in [0.25, 0.3) is 0 Å². The summed E-state index contributed by atoms with van der Waals surface area (Å²) in [6.07, 6.45) is 5.02. The second-order valence-corrected chi connectivity index (χ2v) is 5.54. The highest BCUT2D eigenvalue weighted by Crippen LogP contribution is 2.28. The Morgan fingerprint density at radius 1 is 0.957 bits per heavy atom. The van der Waals surface area contributed by atoms with Crippen LogP contribution in [-0.4, -0.2) is 11.9 Å². The summed E-state index contributed by atoms with van der Waals surface area (Å²) >= 11 is 12.1. The monoisotopic (exact) mass is 343 g/mol. The lowest BCUT2D eigenvalue weighted by Gasteiger charge is -1.99. The van der Waals surface area contributed by atoms with Crippen LogP contribution < -0.4 is 0 Å². The molecule has 2 aromatic rings. The number of hydrogen-bond donors (Lipinski definition) is 0. The van der Waals surface area contributed by atoms with E-state index in [2.05, 4.69) is 4.99 Å². The number of ether oxygens (including phenoxy) is 1. The molecule has 0 aliphatic carbocycles. The molecule has 1 heterocycles. The van der Waals surface area contributed by atoms with E-state index in [0.29, 0.717) is 15.6 Å². The maximum Gasteiger partial charge on any atom is 0.363 e. The van der Waals surface area contributed by atoms with E-state index >= 15 is 0 Å². The van der Waals surface area contributed by atoms with Crippen LogP contribution in [0.1, 0.15) is 11.1 Å². The van der Waals surface area contributed by atoms with Crippen molar-refractivity contribution in [3.8, 4) is 0 Å². The first-order valence-electron chi connectivity index (χ1n) is 6.83. The van der Waals surface area contributed by atoms with Crippen LogP contribution in [0.2, 0.25) is 10.0 Å². The largest absolute Gasteiger partial charge is 0.403 e. The van der Waals surface area contributed by atoms with Gasteiger partial charge in [0.05, 0.1) is 10.0 Å². The van der Waals surface area contributed by atoms with Crippen LogP contribution in [0.4, 0.5) is 0 Å². The number of carbonyl (C=O) groups is 1. The van der Waals surface area contributed by atoms with Gasteiger partial charge in [0.1, 0.15) is 0 Å². The van der Waals surface area contributed by atoms with Crippen LogP contribution in [0.15, 0.2) is 65.3 Å². The van der Waals surface area contributed by atoms with E-state index in [0.717, 1.165) is 5.56 Å². The van der Waals surface area contributed by atoms with Gasteiger partial charge in [0, 0.05) is 6.08 Å². The molecule has 1 aliphatic heterocycles. The molecule has 1 aliphatic rings. The molecule has 0 saturated heterocycles. The molecule has 0 bridgehead atoms. The molecule has 0 saturated carbocycles. The highest BCUT2D eigenvalue weighted by atomic mass is 35.5. The molecule has 5 heteroatoms. The molecule has 3 rings (SSSR count). The highest BCUT2D eigenvalue weighted by molar-refractivity contribution is 6.43. The van der Waals surface area contributed by atoms with Crippen molar-refractivity contribution in [2.24, 2.45) is 4.99 Å². The third-order valence-corrected chi connectivity index (χ3v) is 3.96. The quantitative estimate of drug-likeness (QED) is 0.580. The van der Waals surface area contributed by atoms with Gasteiger partial charge in [0.15, 0.2) is 5.70 Å². The molecule has 0 fully saturated rings. The SMILES string of the molecule is O=C1OC(/C=C/c2ccccc2)=NC/1=C/c1cccc(Cl)c1Cl. The summed E-state index contributed by atoms with van der Waals surface area (Å²) in [6.45, 7) is 0. The number of carbonyl (C=O) groups excluding carboxylic acids is 1. The molecule has 0 spiro atoms. The molecule has 114 valence electrons. The van der Waals surface area contributed by atoms with Gasteiger partial charge >= 0.3 is 5.97 Å². The van der Waals surface area contributed by atoms with E-state index in [1.54, 1.807) is 30.4 Å². The molecule has 0 unspecified atom stereocenters. The average molecular weight is 344 g/mol. The lowest BCUT2D eigenvalue weighted by molar-refractivity contribution is -0.129. The summed E-state index contributed by atoms with van der Waals surface area (Å²) in [6, 6.07) is 14.8. The van der Waals surface area contributed by atoms with E-state index in [-0.39, 0.29) is 11.6 Å². The van der Waals surface area contributed by atoms with Crippen LogP contribution in [-0.2, 0) is 9.53 Å². The molecular formula is C18H11Cl2NO2. The Morgan fingerprint density at radius 3 is 2.52 bits per heavy atom. The lowest BCUT2D eigenvalue weighted by atomic mass is 10.2. The van der Waals surface area contributed by atoms with Gasteiger partial charge in [-0.2, -0.15) is 0 Å². The Labute approximate surface area is 143 Å². The van der Waals surface area contributed by atoms with E-state index in [4.69, 9.17) is 27.9 Å². The number of hydrogen-bond acceptors (Lipinski definition) is 3. The Hall–Kier alpha value is -2.36. The summed E-state index contributed by atoms with van der Waals surface area (Å²) in [4.78, 5) is 16.0. The standard InChI is InChI=1S/C18H11Cl2NO2/c19-14-8-4-7-13(17(14)20)11-15-18(22)23-16(21-15)10-9-12-5-2-1-3-6-12/h1-11H/b10-9+,15-11+. The minimum atomic E-state index is -0.520. The second kappa shape index (κ2) is 6.82. The van der Waals surface area contributed by atoms with E-state index in [1.807, 2.05) is 36.4 Å². The number of nitrogens with zero attached hydrogens (tertiary/aromatic N) is 1. The molecule has 2 aromatic carbocycles. The molecule has 23 heavy (non-hydrogen) atoms. The number of esters is 1. The highest BCUT2D eigenvalue weighted by Gasteiger charge is 2.21. The van der Waals surface area contributed by atoms with Gasteiger partial charge in [0.2, 0.25) is 5.90 Å². The van der Waals surface area contributed by atoms with Gasteiger partial charge in [-0.25, -0.2) is 9.79 Å². The smallest absolute Gasteiger partial charge is 0.363 e. The van der Waals surface area contributed by atoms with Gasteiger partial charge < -0.3 is 4.74 Å². The van der Waals surface area contributed by atoms with Gasteiger partial charge in [-0.3, -0.25) is 0 Å². The van der Waals surface area contributed by atoms with E-state index in [9.17, 15) is 4.79 Å². The summed E-state index contributed by atoms with van der Waals surface area (Å²) in [7, 11) is 0. The zero-order valence-electron chi connectivity index (χ0n) is 11.9. The van der Waals surface area contributed by atoms with Crippen molar-refractivity contribution >= 4 is 47.2 Å². The third kappa shape index (κ3) is 3.70. The molecule has 0 N–H and O–H groups in total. The Morgan fingerprint density at radius 2 is 1.74 bits per heavy atom. The minimum absolute atomic E-state index is 0.182. The van der Waals surface area contributed by atoms with Crippen LogP contribution >= 0.6 is 23.2 Å². The summed E-state index contributed by atoms with van der Waals surface area (Å²) < 4.78 is 5.12. The predicted molar refractivity (Wildman–Crippen MR) is 93.4 cm³/mol. The van der Waals surface area contributed by atoms with Crippen molar-refractivity contribution in [1.29, 1.82) is 0 Å². The van der Waals surface area contributed by atoms with Crippen LogP contribution in [0.5, 0.6) is 0 Å². The number of halogens is 2. The fourth-order valence-corrected chi connectivity index (χ4v) is 2.37. The Bertz CT molecular complexity index is 839. The molecular weight excluding hydrogens is 333 g/mol. The average Bonchev–Trinajstić information content (AvgIpc) is 2.91. The first kappa shape index (κ1) is 15.5. The van der Waals surface area contributed by atoms with Crippen molar-refractivity contribution < 1.29 is 9.53 Å². The topological polar surface area (TPSA) is 38.7 Å². The van der Waals surface area contributed by atoms with Crippen LogP contribution in [0.3, 0.4) is 0 Å². The fourth-order valence-electron chi connectivity index (χ4n) is 2.01. The van der Waals surface area contributed by atoms with Crippen LogP contribution in [0.25, 0.3) is 12.2 Å². The molecule has 3 nitrogen and oxygen atoms in total. The molecule has 0 radical (unpaired) electrons. The minimum Gasteiger partial charge on any atom is -0.403 e. The summed E-state index contributed by atoms with van der Waals surface area (Å²) in [5, 5.41) is 0.790. The summed E-state index contributed by atoms with van der Waals surface area (Å²) in [5.74, 6) is -0.281. The van der Waals surface area contributed by atoms with E-state index in [1.165, 1.54) is 0 Å². The maximum atomic E-state index is 11.9. The number of rotatable bonds is 3. The zero-order valence-corrected chi connectivity index (χ0v) is 13.4. The third-order valence-electron chi connectivity index (χ3n) is 3.13. The van der Waals surface area contributed by atoms with Crippen molar-refractivity contribution in [1.82, 2.24) is 0 Å². The van der Waals surface area contributed by atoms with Crippen molar-refractivity contribution in [2.75, 3.05) is 0 Å². The second-order valence-electron chi connectivity index (χ2n) is 4.76. The zero-order chi connectivity index (χ0) is 16.2. The molecule has 0 atom stereocenters. The maximum absolute atomic E-state index is 11.9. The van der Waals surface area contributed by atoms with Crippen molar-refractivity contribution in [3.05, 3.63) is 81.5 Å². The van der Waals surface area contributed by atoms with Crippen LogP contribution in [0, 0.1) is 0 Å². The Balaban J connectivity index is 1.85. The van der Waals surface area contributed by atoms with E-state index < -0.39 is 5.97 Å². The molecule has 0 aromatic heterocycles.